The van der Waals surface area contributed by atoms with Crippen LogP contribution in [0.3, 0.4) is 0 Å². The Kier molecular flexibility index (Phi) is 5.93. The fourth-order valence-corrected chi connectivity index (χ4v) is 5.91. The summed E-state index contributed by atoms with van der Waals surface area (Å²) in [5.41, 5.74) is 1.36. The van der Waals surface area contributed by atoms with Crippen molar-refractivity contribution in [3.8, 4) is 5.75 Å². The van der Waals surface area contributed by atoms with Crippen molar-refractivity contribution in [1.82, 2.24) is 19.4 Å². The number of carbonyl (C=O) groups is 1. The summed E-state index contributed by atoms with van der Waals surface area (Å²) >= 11 is 0. The number of aromatic nitrogens is 2. The number of rotatable bonds is 6. The number of halogens is 1. The number of aryl methyl sites for hydroxylation is 1. The van der Waals surface area contributed by atoms with Crippen molar-refractivity contribution >= 4 is 5.91 Å². The number of carbonyl (C=O) groups excluding carboxylic acids is 1. The van der Waals surface area contributed by atoms with Crippen LogP contribution in [-0.2, 0) is 13.6 Å². The lowest BCUT2D eigenvalue weighted by atomic mass is 10.0. The van der Waals surface area contributed by atoms with Gasteiger partial charge in [-0.3, -0.25) is 4.79 Å². The van der Waals surface area contributed by atoms with Crippen LogP contribution in [0.4, 0.5) is 4.39 Å². The van der Waals surface area contributed by atoms with Crippen LogP contribution in [0.2, 0.25) is 0 Å². The maximum absolute atomic E-state index is 14.5. The minimum Gasteiger partial charge on any atom is -0.487 e. The van der Waals surface area contributed by atoms with Gasteiger partial charge in [0.2, 0.25) is 0 Å². The number of benzene rings is 1. The van der Waals surface area contributed by atoms with E-state index in [4.69, 9.17) is 4.74 Å². The van der Waals surface area contributed by atoms with E-state index in [1.165, 1.54) is 6.07 Å². The molecule has 5 rings (SSSR count). The third-order valence-corrected chi connectivity index (χ3v) is 7.48. The van der Waals surface area contributed by atoms with E-state index in [0.717, 1.165) is 57.2 Å². The fourth-order valence-electron chi connectivity index (χ4n) is 5.91. The Bertz CT molecular complexity index is 957. The first-order valence-electron chi connectivity index (χ1n) is 11.9. The van der Waals surface area contributed by atoms with E-state index in [1.54, 1.807) is 29.2 Å². The SMILES string of the molecule is CN1C[C@H]2CC(N(Cc3ccc(F)c(OC4CCCC4)c3)C(=O)c3cn(C)cn3)C[C@H]2C1. The van der Waals surface area contributed by atoms with Gasteiger partial charge in [0, 0.05) is 38.9 Å². The first kappa shape index (κ1) is 21.4. The predicted octanol–water partition coefficient (Wildman–Crippen LogP) is 3.86. The molecule has 2 saturated carbocycles. The summed E-state index contributed by atoms with van der Waals surface area (Å²) in [6.45, 7) is 2.64. The normalized spacial score (nSPS) is 25.9. The average molecular weight is 441 g/mol. The van der Waals surface area contributed by atoms with Crippen molar-refractivity contribution in [2.45, 2.75) is 57.2 Å². The third-order valence-electron chi connectivity index (χ3n) is 7.48. The van der Waals surface area contributed by atoms with Crippen molar-refractivity contribution < 1.29 is 13.9 Å². The fraction of sp³-hybridized carbons (Fsp3) is 0.600. The van der Waals surface area contributed by atoms with E-state index in [9.17, 15) is 9.18 Å². The van der Waals surface area contributed by atoms with Crippen molar-refractivity contribution in [3.63, 3.8) is 0 Å². The zero-order chi connectivity index (χ0) is 22.2. The molecule has 6 nitrogen and oxygen atoms in total. The Balaban J connectivity index is 1.37. The molecule has 1 unspecified atom stereocenters. The van der Waals surface area contributed by atoms with Gasteiger partial charge in [-0.1, -0.05) is 6.07 Å². The maximum atomic E-state index is 14.5. The lowest BCUT2D eigenvalue weighted by molar-refractivity contribution is 0.0647. The standard InChI is InChI=1S/C25H33FN4O2/c1-28-13-18-10-20(11-19(18)14-28)30(25(31)23-15-29(2)16-27-23)12-17-7-8-22(26)24(9-17)32-21-5-3-4-6-21/h7-9,15-16,18-21H,3-6,10-14H2,1-2H3/t18-,19+,20?. The molecule has 3 atom stereocenters. The number of fused-ring (bicyclic) bond motifs is 1. The van der Waals surface area contributed by atoms with E-state index in [2.05, 4.69) is 16.9 Å². The van der Waals surface area contributed by atoms with Crippen molar-refractivity contribution in [2.24, 2.45) is 18.9 Å². The van der Waals surface area contributed by atoms with Crippen LogP contribution in [0.5, 0.6) is 5.75 Å². The zero-order valence-electron chi connectivity index (χ0n) is 19.0. The van der Waals surface area contributed by atoms with Gasteiger partial charge in [-0.15, -0.1) is 0 Å². The number of hydrogen-bond donors (Lipinski definition) is 0. The summed E-state index contributed by atoms with van der Waals surface area (Å²) in [6, 6.07) is 5.22. The molecule has 1 aromatic carbocycles. The van der Waals surface area contributed by atoms with Gasteiger partial charge in [-0.25, -0.2) is 9.37 Å². The topological polar surface area (TPSA) is 50.6 Å². The Morgan fingerprint density at radius 2 is 1.91 bits per heavy atom. The molecule has 1 amide bonds. The zero-order valence-corrected chi connectivity index (χ0v) is 19.0. The van der Waals surface area contributed by atoms with Gasteiger partial charge in [0.1, 0.15) is 5.69 Å². The van der Waals surface area contributed by atoms with Crippen LogP contribution in [0.1, 0.15) is 54.6 Å². The Morgan fingerprint density at radius 1 is 1.19 bits per heavy atom. The molecule has 0 spiro atoms. The highest BCUT2D eigenvalue weighted by atomic mass is 19.1. The molecule has 2 heterocycles. The number of likely N-dealkylation sites (tertiary alicyclic amines) is 1. The van der Waals surface area contributed by atoms with E-state index in [0.29, 0.717) is 29.8 Å². The smallest absolute Gasteiger partial charge is 0.274 e. The first-order chi connectivity index (χ1) is 15.5. The largest absolute Gasteiger partial charge is 0.487 e. The van der Waals surface area contributed by atoms with Crippen molar-refractivity contribution in [1.29, 1.82) is 0 Å². The number of hydrogen-bond acceptors (Lipinski definition) is 4. The van der Waals surface area contributed by atoms with Crippen molar-refractivity contribution in [2.75, 3.05) is 20.1 Å². The number of imidazole rings is 1. The second-order valence-electron chi connectivity index (χ2n) is 10.0. The quantitative estimate of drug-likeness (QED) is 0.685. The minimum atomic E-state index is -0.332. The Hall–Kier alpha value is -2.41. The summed E-state index contributed by atoms with van der Waals surface area (Å²) in [4.78, 5) is 22.2. The maximum Gasteiger partial charge on any atom is 0.274 e. The summed E-state index contributed by atoms with van der Waals surface area (Å²) in [5.74, 6) is 1.20. The first-order valence-corrected chi connectivity index (χ1v) is 11.9. The molecular weight excluding hydrogens is 407 g/mol. The second-order valence-corrected chi connectivity index (χ2v) is 10.0. The highest BCUT2D eigenvalue weighted by molar-refractivity contribution is 5.92. The molecule has 1 aromatic heterocycles. The van der Waals surface area contributed by atoms with Gasteiger partial charge in [0.25, 0.3) is 5.91 Å². The second kappa shape index (κ2) is 8.85. The van der Waals surface area contributed by atoms with Gasteiger partial charge in [-0.2, -0.15) is 0 Å². The van der Waals surface area contributed by atoms with E-state index >= 15 is 0 Å². The lowest BCUT2D eigenvalue weighted by Gasteiger charge is -2.30. The van der Waals surface area contributed by atoms with Crippen molar-refractivity contribution in [3.05, 3.63) is 47.8 Å². The molecule has 0 radical (unpaired) electrons. The molecule has 3 fully saturated rings. The monoisotopic (exact) mass is 440 g/mol. The Morgan fingerprint density at radius 3 is 2.56 bits per heavy atom. The van der Waals surface area contributed by atoms with Gasteiger partial charge in [-0.05, 0) is 75.1 Å². The highest BCUT2D eigenvalue weighted by Crippen LogP contribution is 2.40. The molecule has 7 heteroatoms. The van der Waals surface area contributed by atoms with Crippen LogP contribution < -0.4 is 4.74 Å². The van der Waals surface area contributed by atoms with Gasteiger partial charge in [0.15, 0.2) is 11.6 Å². The lowest BCUT2D eigenvalue weighted by Crippen LogP contribution is -2.39. The number of ether oxygens (including phenoxy) is 1. The van der Waals surface area contributed by atoms with Gasteiger partial charge in [0.05, 0.1) is 12.4 Å². The average Bonchev–Trinajstić information content (AvgIpc) is 3.53. The molecular formula is C25H33FN4O2. The molecule has 2 aliphatic carbocycles. The molecule has 0 bridgehead atoms. The van der Waals surface area contributed by atoms with Crippen LogP contribution in [0.15, 0.2) is 30.7 Å². The molecule has 1 aliphatic heterocycles. The molecule has 32 heavy (non-hydrogen) atoms. The van der Waals surface area contributed by atoms with E-state index in [-0.39, 0.29) is 23.9 Å². The molecule has 1 saturated heterocycles. The van der Waals surface area contributed by atoms with Gasteiger partial charge >= 0.3 is 0 Å². The van der Waals surface area contributed by atoms with Crippen LogP contribution >= 0.6 is 0 Å². The molecule has 2 aromatic rings. The Labute approximate surface area is 189 Å². The summed E-state index contributed by atoms with van der Waals surface area (Å²) in [5, 5.41) is 0. The minimum absolute atomic E-state index is 0.0495. The highest BCUT2D eigenvalue weighted by Gasteiger charge is 2.43. The third kappa shape index (κ3) is 4.40. The van der Waals surface area contributed by atoms with Crippen LogP contribution in [0, 0.1) is 17.7 Å². The van der Waals surface area contributed by atoms with E-state index in [1.807, 2.05) is 11.9 Å². The van der Waals surface area contributed by atoms with Gasteiger partial charge < -0.3 is 19.1 Å². The predicted molar refractivity (Wildman–Crippen MR) is 120 cm³/mol. The molecule has 0 N–H and O–H groups in total. The summed E-state index contributed by atoms with van der Waals surface area (Å²) in [7, 11) is 4.05. The molecule has 172 valence electrons. The number of amides is 1. The number of nitrogens with zero attached hydrogens (tertiary/aromatic N) is 4. The summed E-state index contributed by atoms with van der Waals surface area (Å²) in [6.07, 6.45) is 9.79. The van der Waals surface area contributed by atoms with Crippen LogP contribution in [-0.4, -0.2) is 57.5 Å². The van der Waals surface area contributed by atoms with E-state index < -0.39 is 0 Å². The molecule has 3 aliphatic rings. The van der Waals surface area contributed by atoms with Crippen LogP contribution in [0.25, 0.3) is 0 Å². The summed E-state index contributed by atoms with van der Waals surface area (Å²) < 4.78 is 22.2.